The maximum Gasteiger partial charge on any atom is 0.256 e. The summed E-state index contributed by atoms with van der Waals surface area (Å²) in [6, 6.07) is 20.2. The van der Waals surface area contributed by atoms with E-state index in [9.17, 15) is 9.90 Å². The third kappa shape index (κ3) is 6.13. The van der Waals surface area contributed by atoms with Crippen LogP contribution in [0.1, 0.15) is 31.2 Å². The lowest BCUT2D eigenvalue weighted by molar-refractivity contribution is -0.127. The summed E-state index contributed by atoms with van der Waals surface area (Å²) in [6.07, 6.45) is 2.46. The minimum Gasteiger partial charge on any atom is -0.396 e. The van der Waals surface area contributed by atoms with E-state index in [1.807, 2.05) is 36.4 Å². The van der Waals surface area contributed by atoms with E-state index in [1.165, 1.54) is 5.56 Å². The van der Waals surface area contributed by atoms with Gasteiger partial charge in [-0.2, -0.15) is 0 Å². The molecule has 2 N–H and O–H groups in total. The number of aliphatic hydroxyl groups excluding tert-OH is 2. The van der Waals surface area contributed by atoms with Gasteiger partial charge in [0.1, 0.15) is 6.10 Å². The normalized spacial score (nSPS) is 16.5. The highest BCUT2D eigenvalue weighted by molar-refractivity contribution is 5.97. The van der Waals surface area contributed by atoms with Crippen molar-refractivity contribution in [1.29, 1.82) is 0 Å². The molecule has 1 saturated heterocycles. The molecule has 29 heavy (non-hydrogen) atoms. The van der Waals surface area contributed by atoms with Crippen LogP contribution >= 0.6 is 0 Å². The molecule has 0 bridgehead atoms. The first-order valence-corrected chi connectivity index (χ1v) is 10.6. The molecule has 156 valence electrons. The molecule has 1 aliphatic rings. The zero-order valence-electron chi connectivity index (χ0n) is 17.0. The third-order valence-electron chi connectivity index (χ3n) is 5.67. The quantitative estimate of drug-likeness (QED) is 0.684. The fourth-order valence-electron chi connectivity index (χ4n) is 4.01. The first-order valence-electron chi connectivity index (χ1n) is 10.6. The SMILES string of the molecule is O=C([C@@H](O)CCCO)N(c1ccccc1)C1CCN(CCc2ccccc2)CC1. The Morgan fingerprint density at radius 3 is 2.28 bits per heavy atom. The summed E-state index contributed by atoms with van der Waals surface area (Å²) >= 11 is 0. The Labute approximate surface area is 173 Å². The molecular formula is C24H32N2O3. The van der Waals surface area contributed by atoms with E-state index in [2.05, 4.69) is 29.2 Å². The molecule has 5 nitrogen and oxygen atoms in total. The van der Waals surface area contributed by atoms with Gasteiger partial charge in [-0.25, -0.2) is 0 Å². The first-order chi connectivity index (χ1) is 14.2. The topological polar surface area (TPSA) is 64.0 Å². The monoisotopic (exact) mass is 396 g/mol. The summed E-state index contributed by atoms with van der Waals surface area (Å²) in [5, 5.41) is 19.4. The van der Waals surface area contributed by atoms with Crippen LogP contribution < -0.4 is 4.90 Å². The minimum absolute atomic E-state index is 0.0184. The summed E-state index contributed by atoms with van der Waals surface area (Å²) in [5.41, 5.74) is 2.19. The Morgan fingerprint density at radius 2 is 1.66 bits per heavy atom. The first kappa shape index (κ1) is 21.5. The van der Waals surface area contributed by atoms with E-state index in [-0.39, 0.29) is 25.0 Å². The second-order valence-corrected chi connectivity index (χ2v) is 7.73. The predicted octanol–water partition coefficient (Wildman–Crippen LogP) is 2.86. The second kappa shape index (κ2) is 11.1. The summed E-state index contributed by atoms with van der Waals surface area (Å²) in [7, 11) is 0. The van der Waals surface area contributed by atoms with Gasteiger partial charge < -0.3 is 20.0 Å². The van der Waals surface area contributed by atoms with Gasteiger partial charge in [-0.3, -0.25) is 4.79 Å². The van der Waals surface area contributed by atoms with Crippen LogP contribution in [0.2, 0.25) is 0 Å². The molecule has 0 aromatic heterocycles. The number of hydrogen-bond donors (Lipinski definition) is 2. The van der Waals surface area contributed by atoms with Gasteiger partial charge in [-0.15, -0.1) is 0 Å². The molecule has 1 atom stereocenters. The number of carbonyl (C=O) groups is 1. The summed E-state index contributed by atoms with van der Waals surface area (Å²) in [4.78, 5) is 17.3. The zero-order chi connectivity index (χ0) is 20.5. The largest absolute Gasteiger partial charge is 0.396 e. The number of carbonyl (C=O) groups excluding carboxylic acids is 1. The molecule has 0 aliphatic carbocycles. The van der Waals surface area contributed by atoms with Crippen LogP contribution in [0.4, 0.5) is 5.69 Å². The lowest BCUT2D eigenvalue weighted by Crippen LogP contribution is -2.51. The van der Waals surface area contributed by atoms with Gasteiger partial charge in [-0.05, 0) is 49.8 Å². The number of amides is 1. The van der Waals surface area contributed by atoms with Gasteiger partial charge in [0.15, 0.2) is 0 Å². The number of para-hydroxylation sites is 1. The molecule has 5 heteroatoms. The van der Waals surface area contributed by atoms with Gasteiger partial charge in [0.25, 0.3) is 5.91 Å². The van der Waals surface area contributed by atoms with E-state index in [0.717, 1.165) is 44.6 Å². The molecule has 0 spiro atoms. The molecular weight excluding hydrogens is 364 g/mol. The number of anilines is 1. The molecule has 2 aromatic rings. The number of hydrogen-bond acceptors (Lipinski definition) is 4. The highest BCUT2D eigenvalue weighted by Crippen LogP contribution is 2.25. The van der Waals surface area contributed by atoms with Crippen molar-refractivity contribution in [2.75, 3.05) is 31.1 Å². The summed E-state index contributed by atoms with van der Waals surface area (Å²) < 4.78 is 0. The summed E-state index contributed by atoms with van der Waals surface area (Å²) in [6.45, 7) is 2.90. The van der Waals surface area contributed by atoms with Crippen molar-refractivity contribution in [1.82, 2.24) is 4.90 Å². The van der Waals surface area contributed by atoms with Crippen molar-refractivity contribution in [3.05, 3.63) is 66.2 Å². The Hall–Kier alpha value is -2.21. The standard InChI is InChI=1S/C24H32N2O3/c27-19-7-12-23(28)24(29)26(21-10-5-2-6-11-21)22-14-17-25(18-15-22)16-13-20-8-3-1-4-9-20/h1-6,8-11,22-23,27-28H,7,12-19H2/t23-/m0/s1. The predicted molar refractivity (Wildman–Crippen MR) is 116 cm³/mol. The Morgan fingerprint density at radius 1 is 1.03 bits per heavy atom. The smallest absolute Gasteiger partial charge is 0.256 e. The lowest BCUT2D eigenvalue weighted by atomic mass is 10.00. The highest BCUT2D eigenvalue weighted by Gasteiger charge is 2.32. The van der Waals surface area contributed by atoms with Gasteiger partial charge in [-0.1, -0.05) is 48.5 Å². The van der Waals surface area contributed by atoms with Crippen LogP contribution in [0, 0.1) is 0 Å². The van der Waals surface area contributed by atoms with Crippen LogP contribution in [0.5, 0.6) is 0 Å². The van der Waals surface area contributed by atoms with E-state index >= 15 is 0 Å². The molecule has 1 aliphatic heterocycles. The van der Waals surface area contributed by atoms with Gasteiger partial charge >= 0.3 is 0 Å². The zero-order valence-corrected chi connectivity index (χ0v) is 17.0. The van der Waals surface area contributed by atoms with E-state index in [1.54, 1.807) is 4.90 Å². The Kier molecular flexibility index (Phi) is 8.23. The van der Waals surface area contributed by atoms with Crippen molar-refractivity contribution >= 4 is 11.6 Å². The van der Waals surface area contributed by atoms with Crippen molar-refractivity contribution in [3.63, 3.8) is 0 Å². The molecule has 0 radical (unpaired) electrons. The number of piperidine rings is 1. The van der Waals surface area contributed by atoms with Crippen LogP contribution in [0.3, 0.4) is 0 Å². The third-order valence-corrected chi connectivity index (χ3v) is 5.67. The van der Waals surface area contributed by atoms with Gasteiger partial charge in [0.2, 0.25) is 0 Å². The van der Waals surface area contributed by atoms with Crippen molar-refractivity contribution in [2.24, 2.45) is 0 Å². The molecule has 1 amide bonds. The van der Waals surface area contributed by atoms with Crippen LogP contribution in [-0.2, 0) is 11.2 Å². The maximum absolute atomic E-state index is 13.0. The summed E-state index contributed by atoms with van der Waals surface area (Å²) in [5.74, 6) is -0.257. The van der Waals surface area contributed by atoms with E-state index in [4.69, 9.17) is 5.11 Å². The molecule has 1 fully saturated rings. The Bertz CT molecular complexity index is 730. The average molecular weight is 397 g/mol. The molecule has 1 heterocycles. The lowest BCUT2D eigenvalue weighted by Gasteiger charge is -2.39. The van der Waals surface area contributed by atoms with Crippen molar-refractivity contribution < 1.29 is 15.0 Å². The van der Waals surface area contributed by atoms with Crippen molar-refractivity contribution in [3.8, 4) is 0 Å². The van der Waals surface area contributed by atoms with Crippen LogP contribution in [-0.4, -0.2) is 59.4 Å². The van der Waals surface area contributed by atoms with E-state index < -0.39 is 6.10 Å². The van der Waals surface area contributed by atoms with Crippen molar-refractivity contribution in [2.45, 2.75) is 44.2 Å². The molecule has 2 aromatic carbocycles. The number of benzene rings is 2. The molecule has 0 saturated carbocycles. The number of aliphatic hydroxyl groups is 2. The average Bonchev–Trinajstić information content (AvgIpc) is 2.78. The van der Waals surface area contributed by atoms with Crippen LogP contribution in [0.25, 0.3) is 0 Å². The fourth-order valence-corrected chi connectivity index (χ4v) is 4.01. The number of likely N-dealkylation sites (tertiary alicyclic amines) is 1. The second-order valence-electron chi connectivity index (χ2n) is 7.73. The number of nitrogens with zero attached hydrogens (tertiary/aromatic N) is 2. The fraction of sp³-hybridized carbons (Fsp3) is 0.458. The molecule has 3 rings (SSSR count). The number of rotatable bonds is 9. The van der Waals surface area contributed by atoms with E-state index in [0.29, 0.717) is 6.42 Å². The molecule has 0 unspecified atom stereocenters. The van der Waals surface area contributed by atoms with Crippen LogP contribution in [0.15, 0.2) is 60.7 Å². The minimum atomic E-state index is -1.07. The maximum atomic E-state index is 13.0. The van der Waals surface area contributed by atoms with Gasteiger partial charge in [0.05, 0.1) is 0 Å². The van der Waals surface area contributed by atoms with Gasteiger partial charge in [0, 0.05) is 38.0 Å². The Balaban J connectivity index is 1.61. The highest BCUT2D eigenvalue weighted by atomic mass is 16.3.